The van der Waals surface area contributed by atoms with E-state index in [0.717, 1.165) is 0 Å². The van der Waals surface area contributed by atoms with Gasteiger partial charge in [-0.3, -0.25) is 33.8 Å². The number of phenols is 1. The number of Topliss-reactive ketones (excluding diaryl/α,β-unsaturated/α-hetero) is 4. The lowest BCUT2D eigenvalue weighted by molar-refractivity contribution is -0.181. The Labute approximate surface area is 233 Å². The van der Waals surface area contributed by atoms with Gasteiger partial charge in [-0.1, -0.05) is 32.6 Å². The highest BCUT2D eigenvalue weighted by atomic mass is 16.3. The van der Waals surface area contributed by atoms with E-state index in [2.05, 4.69) is 11.8 Å². The molecule has 0 saturated heterocycles. The molecule has 1 aromatic carbocycles. The molecule has 10 heteroatoms. The molecule has 0 radical (unpaired) electrons. The number of fused-ring (bicyclic) bond motifs is 3. The lowest BCUT2D eigenvalue weighted by Gasteiger charge is -2.52. The number of hydrogen-bond donors (Lipinski definition) is 3. The first-order valence-corrected chi connectivity index (χ1v) is 13.3. The van der Waals surface area contributed by atoms with Gasteiger partial charge in [-0.25, -0.2) is 0 Å². The molecular weight excluding hydrogens is 514 g/mol. The Kier molecular flexibility index (Phi) is 7.33. The summed E-state index contributed by atoms with van der Waals surface area (Å²) in [6.45, 7) is 6.10. The number of ketones is 4. The van der Waals surface area contributed by atoms with Crippen LogP contribution in [0.3, 0.4) is 0 Å². The minimum atomic E-state index is -2.75. The van der Waals surface area contributed by atoms with E-state index in [1.165, 1.54) is 4.90 Å². The Morgan fingerprint density at radius 1 is 1.12 bits per heavy atom. The van der Waals surface area contributed by atoms with Gasteiger partial charge in [0.2, 0.25) is 5.91 Å². The van der Waals surface area contributed by atoms with Gasteiger partial charge in [0.05, 0.1) is 24.1 Å². The fourth-order valence-electron chi connectivity index (χ4n) is 6.65. The van der Waals surface area contributed by atoms with Crippen LogP contribution in [0.2, 0.25) is 0 Å². The lowest BCUT2D eigenvalue weighted by Crippen LogP contribution is -2.74. The van der Waals surface area contributed by atoms with Crippen molar-refractivity contribution in [3.05, 3.63) is 28.3 Å². The molecule has 3 aliphatic carbocycles. The van der Waals surface area contributed by atoms with Crippen molar-refractivity contribution in [2.75, 3.05) is 34.7 Å². The second kappa shape index (κ2) is 9.91. The number of aromatic hydroxyl groups is 1. The summed E-state index contributed by atoms with van der Waals surface area (Å²) < 4.78 is 0. The third kappa shape index (κ3) is 4.37. The van der Waals surface area contributed by atoms with E-state index < -0.39 is 69.8 Å². The topological polar surface area (TPSA) is 158 Å². The molecule has 0 aromatic heterocycles. The molecule has 2 fully saturated rings. The van der Waals surface area contributed by atoms with Crippen molar-refractivity contribution in [2.45, 2.75) is 50.7 Å². The summed E-state index contributed by atoms with van der Waals surface area (Å²) in [5.41, 5.74) is 3.57. The average molecular weight is 552 g/mol. The molecular formula is C30H37N3O7. The highest BCUT2D eigenvalue weighted by Crippen LogP contribution is 2.52. The minimum Gasteiger partial charge on any atom is -0.507 e. The van der Waals surface area contributed by atoms with E-state index in [-0.39, 0.29) is 24.2 Å². The molecule has 1 amide bonds. The van der Waals surface area contributed by atoms with Crippen LogP contribution >= 0.6 is 0 Å². The number of nitrogens with two attached hydrogens (primary N) is 1. The maximum atomic E-state index is 14.1. The molecule has 40 heavy (non-hydrogen) atoms. The van der Waals surface area contributed by atoms with Crippen molar-refractivity contribution in [2.24, 2.45) is 29.4 Å². The van der Waals surface area contributed by atoms with Crippen molar-refractivity contribution in [1.82, 2.24) is 9.80 Å². The van der Waals surface area contributed by atoms with E-state index in [1.807, 2.05) is 39.8 Å². The predicted molar refractivity (Wildman–Crippen MR) is 145 cm³/mol. The summed E-state index contributed by atoms with van der Waals surface area (Å²) in [6, 6.07) is 0.636. The first kappa shape index (κ1) is 29.6. The molecule has 0 bridgehead atoms. The molecule has 1 aromatic rings. The molecule has 4 rings (SSSR count). The summed E-state index contributed by atoms with van der Waals surface area (Å²) >= 11 is 0. The monoisotopic (exact) mass is 551 g/mol. The highest BCUT2D eigenvalue weighted by Gasteiger charge is 2.69. The first-order chi connectivity index (χ1) is 18.4. The molecule has 10 nitrogen and oxygen atoms in total. The van der Waals surface area contributed by atoms with Crippen molar-refractivity contribution >= 4 is 29.0 Å². The number of primary amides is 1. The number of benzene rings is 1. The second-order valence-electron chi connectivity index (χ2n) is 12.8. The summed E-state index contributed by atoms with van der Waals surface area (Å²) in [5.74, 6) is -4.36. The number of carbonyl (C=O) groups is 5. The third-order valence-corrected chi connectivity index (χ3v) is 8.49. The van der Waals surface area contributed by atoms with E-state index in [0.29, 0.717) is 23.2 Å². The zero-order valence-electron chi connectivity index (χ0n) is 24.0. The third-order valence-electron chi connectivity index (χ3n) is 8.49. The quantitative estimate of drug-likeness (QED) is 0.349. The van der Waals surface area contributed by atoms with Crippen molar-refractivity contribution < 1.29 is 34.2 Å². The summed E-state index contributed by atoms with van der Waals surface area (Å²) in [5, 5.41) is 23.1. The number of phenolic OH excluding ortho intramolecular Hbond substituents is 1. The zero-order valence-corrected chi connectivity index (χ0v) is 24.0. The maximum absolute atomic E-state index is 14.1. The van der Waals surface area contributed by atoms with Crippen LogP contribution in [0.25, 0.3) is 0 Å². The smallest absolute Gasteiger partial charge is 0.235 e. The second-order valence-corrected chi connectivity index (χ2v) is 12.8. The van der Waals surface area contributed by atoms with E-state index in [4.69, 9.17) is 5.73 Å². The molecule has 3 aliphatic rings. The number of amides is 1. The number of carbonyl (C=O) groups excluding carboxylic acids is 5. The van der Waals surface area contributed by atoms with Gasteiger partial charge in [0, 0.05) is 17.0 Å². The molecule has 214 valence electrons. The maximum Gasteiger partial charge on any atom is 0.235 e. The summed E-state index contributed by atoms with van der Waals surface area (Å²) in [7, 11) is 6.86. The van der Waals surface area contributed by atoms with Crippen molar-refractivity contribution in [3.63, 3.8) is 0 Å². The molecule has 0 heterocycles. The molecule has 2 saturated carbocycles. The molecule has 0 aliphatic heterocycles. The van der Waals surface area contributed by atoms with Gasteiger partial charge in [0.15, 0.2) is 34.7 Å². The van der Waals surface area contributed by atoms with Crippen LogP contribution in [0.1, 0.15) is 54.2 Å². The fraction of sp³-hybridized carbons (Fsp3) is 0.567. The van der Waals surface area contributed by atoms with Crippen molar-refractivity contribution in [1.29, 1.82) is 0 Å². The van der Waals surface area contributed by atoms with Crippen LogP contribution in [-0.4, -0.2) is 95.4 Å². The Hall–Kier alpha value is -3.39. The molecule has 4 N–H and O–H groups in total. The normalized spacial score (nSPS) is 30.0. The molecule has 2 unspecified atom stereocenters. The fourth-order valence-corrected chi connectivity index (χ4v) is 6.65. The van der Waals surface area contributed by atoms with Crippen LogP contribution in [0, 0.1) is 35.5 Å². The Bertz CT molecular complexity index is 1390. The van der Waals surface area contributed by atoms with Crippen LogP contribution < -0.4 is 5.73 Å². The Morgan fingerprint density at radius 3 is 2.27 bits per heavy atom. The zero-order chi connectivity index (χ0) is 30.1. The van der Waals surface area contributed by atoms with Gasteiger partial charge in [-0.15, -0.1) is 0 Å². The first-order valence-electron chi connectivity index (χ1n) is 13.3. The standard InChI is InChI=1S/C30H37N3O7/c1-29(2,3)18-12-14(9-8-10-32(4)5)16-11-15-13-17-22(33(6)7)25(36)21(28(31)39)27(38)30(17,40)26(37)19(15)24(35)20(16)23(18)34/h12,15,17,19,21-22,34,40H,10-11,13H2,1-7H3,(H2,31,39)/t15-,17-,19?,21?,22-,30-/m0/s1. The van der Waals surface area contributed by atoms with E-state index >= 15 is 0 Å². The highest BCUT2D eigenvalue weighted by molar-refractivity contribution is 6.32. The predicted octanol–water partition coefficient (Wildman–Crippen LogP) is 0.0776. The Balaban J connectivity index is 1.92. The van der Waals surface area contributed by atoms with Gasteiger partial charge in [-0.05, 0) is 64.0 Å². The summed E-state index contributed by atoms with van der Waals surface area (Å²) in [6.07, 6.45) is 0.173. The largest absolute Gasteiger partial charge is 0.507 e. The SMILES string of the molecule is CN(C)CC#Cc1cc(C(C)(C)C)c(O)c2c1C[C@H]1C[C@H]3[C@H](N(C)C)C(=O)C(C(N)=O)C(=O)[C@@]3(O)C(=O)C1C2=O. The van der Waals surface area contributed by atoms with Gasteiger partial charge in [0.1, 0.15) is 5.75 Å². The molecule has 6 atom stereocenters. The van der Waals surface area contributed by atoms with Crippen LogP contribution in [0.15, 0.2) is 6.07 Å². The van der Waals surface area contributed by atoms with Gasteiger partial charge >= 0.3 is 0 Å². The Morgan fingerprint density at radius 2 is 1.75 bits per heavy atom. The van der Waals surface area contributed by atoms with Gasteiger partial charge in [0.25, 0.3) is 0 Å². The number of rotatable bonds is 3. The lowest BCUT2D eigenvalue weighted by atomic mass is 9.52. The molecule has 0 spiro atoms. The van der Waals surface area contributed by atoms with E-state index in [9.17, 15) is 34.2 Å². The van der Waals surface area contributed by atoms with Gasteiger partial charge in [-0.2, -0.15) is 0 Å². The van der Waals surface area contributed by atoms with Crippen LogP contribution in [0.4, 0.5) is 0 Å². The number of nitrogens with zero attached hydrogens (tertiary/aromatic N) is 2. The average Bonchev–Trinajstić information content (AvgIpc) is 2.81. The summed E-state index contributed by atoms with van der Waals surface area (Å²) in [4.78, 5) is 70.3. The van der Waals surface area contributed by atoms with Crippen LogP contribution in [0.5, 0.6) is 5.75 Å². The minimum absolute atomic E-state index is 0.00372. The van der Waals surface area contributed by atoms with Crippen molar-refractivity contribution in [3.8, 4) is 17.6 Å². The number of hydrogen-bond acceptors (Lipinski definition) is 9. The van der Waals surface area contributed by atoms with Crippen LogP contribution in [-0.2, 0) is 31.0 Å². The number of likely N-dealkylation sites (N-methyl/N-ethyl adjacent to an activating group) is 1. The van der Waals surface area contributed by atoms with E-state index in [1.54, 1.807) is 20.2 Å². The van der Waals surface area contributed by atoms with Gasteiger partial charge < -0.3 is 15.9 Å². The number of aliphatic hydroxyl groups is 1.